The molecule has 138 valence electrons. The third-order valence-electron chi connectivity index (χ3n) is 6.64. The number of carbonyl (C=O) groups is 1. The average molecular weight is 364 g/mol. The number of rotatable bonds is 7. The first-order valence-electron chi connectivity index (χ1n) is 9.59. The summed E-state index contributed by atoms with van der Waals surface area (Å²) in [7, 11) is 0. The number of hydrogen-bond donors (Lipinski definition) is 3. The van der Waals surface area contributed by atoms with Gasteiger partial charge in [0, 0.05) is 25.5 Å². The molecular weight excluding hydrogens is 334 g/mol. The lowest BCUT2D eigenvalue weighted by molar-refractivity contribution is -0.169. The Balaban J connectivity index is 1.31. The van der Waals surface area contributed by atoms with E-state index in [1.54, 1.807) is 11.3 Å². The monoisotopic (exact) mass is 363 g/mol. The summed E-state index contributed by atoms with van der Waals surface area (Å²) in [5.41, 5.74) is 0.740. The minimum absolute atomic E-state index is 0.0188. The highest BCUT2D eigenvalue weighted by Gasteiger charge is 2.57. The summed E-state index contributed by atoms with van der Waals surface area (Å²) in [6, 6.07) is 2.07. The van der Waals surface area contributed by atoms with E-state index in [0.717, 1.165) is 38.5 Å². The molecule has 0 aliphatic heterocycles. The second-order valence-corrected chi connectivity index (χ2v) is 9.83. The van der Waals surface area contributed by atoms with Gasteiger partial charge in [-0.05, 0) is 84.6 Å². The van der Waals surface area contributed by atoms with E-state index in [1.165, 1.54) is 12.0 Å². The van der Waals surface area contributed by atoms with Crippen molar-refractivity contribution in [2.24, 2.45) is 23.2 Å². The first-order chi connectivity index (χ1) is 12.0. The van der Waals surface area contributed by atoms with Crippen LogP contribution in [-0.2, 0) is 11.2 Å². The van der Waals surface area contributed by atoms with Crippen LogP contribution in [0, 0.1) is 23.2 Å². The topological polar surface area (TPSA) is 69.6 Å². The molecule has 1 amide bonds. The highest BCUT2D eigenvalue weighted by Crippen LogP contribution is 2.62. The lowest BCUT2D eigenvalue weighted by atomic mass is 9.47. The van der Waals surface area contributed by atoms with Gasteiger partial charge in [0.1, 0.15) is 0 Å². The van der Waals surface area contributed by atoms with Crippen molar-refractivity contribution in [2.75, 3.05) is 13.2 Å². The smallest absolute Gasteiger partial charge is 0.220 e. The van der Waals surface area contributed by atoms with E-state index in [2.05, 4.69) is 16.8 Å². The second kappa shape index (κ2) is 6.67. The summed E-state index contributed by atoms with van der Waals surface area (Å²) >= 11 is 1.66. The van der Waals surface area contributed by atoms with Crippen LogP contribution < -0.4 is 5.32 Å². The lowest BCUT2D eigenvalue weighted by Gasteiger charge is -2.60. The highest BCUT2D eigenvalue weighted by atomic mass is 32.1. The normalized spacial score (nSPS) is 37.2. The average Bonchev–Trinajstić information content (AvgIpc) is 3.01. The van der Waals surface area contributed by atoms with Gasteiger partial charge in [-0.1, -0.05) is 0 Å². The molecule has 4 nitrogen and oxygen atoms in total. The van der Waals surface area contributed by atoms with Crippen molar-refractivity contribution >= 4 is 17.2 Å². The van der Waals surface area contributed by atoms with Crippen molar-refractivity contribution in [3.8, 4) is 0 Å². The quantitative estimate of drug-likeness (QED) is 0.698. The van der Waals surface area contributed by atoms with Gasteiger partial charge < -0.3 is 15.5 Å². The summed E-state index contributed by atoms with van der Waals surface area (Å²) in [4.78, 5) is 12.6. The Hall–Kier alpha value is -0.910. The number of amides is 1. The summed E-state index contributed by atoms with van der Waals surface area (Å²) in [6.07, 6.45) is 7.50. The first-order valence-corrected chi connectivity index (χ1v) is 10.5. The fraction of sp³-hybridized carbons (Fsp3) is 0.750. The molecule has 2 unspecified atom stereocenters. The molecule has 5 atom stereocenters. The molecule has 0 saturated heterocycles. The number of thiophene rings is 1. The van der Waals surface area contributed by atoms with Crippen LogP contribution in [0.2, 0.25) is 0 Å². The molecule has 3 N–H and O–H groups in total. The largest absolute Gasteiger partial charge is 0.396 e. The van der Waals surface area contributed by atoms with Crippen molar-refractivity contribution < 1.29 is 15.0 Å². The molecule has 0 radical (unpaired) electrons. The SMILES string of the molecule is O=C(CC12C[C@@H]3C[C@@H](CC(O)(C3)C1)C2)NC[C@@H](CO)Cc1ccsc1. The van der Waals surface area contributed by atoms with Crippen LogP contribution in [0.5, 0.6) is 0 Å². The lowest BCUT2D eigenvalue weighted by Crippen LogP contribution is -2.56. The van der Waals surface area contributed by atoms with E-state index in [-0.39, 0.29) is 23.8 Å². The Morgan fingerprint density at radius 3 is 2.68 bits per heavy atom. The van der Waals surface area contributed by atoms with Crippen LogP contribution in [0.25, 0.3) is 0 Å². The van der Waals surface area contributed by atoms with E-state index in [1.807, 2.05) is 5.38 Å². The third kappa shape index (κ3) is 3.79. The van der Waals surface area contributed by atoms with Gasteiger partial charge in [0.15, 0.2) is 0 Å². The Labute approximate surface area is 153 Å². The maximum absolute atomic E-state index is 12.6. The van der Waals surface area contributed by atoms with E-state index in [9.17, 15) is 15.0 Å². The van der Waals surface area contributed by atoms with Gasteiger partial charge in [0.2, 0.25) is 5.91 Å². The van der Waals surface area contributed by atoms with Crippen molar-refractivity contribution in [3.05, 3.63) is 22.4 Å². The fourth-order valence-electron chi connectivity index (χ4n) is 6.21. The molecule has 5 rings (SSSR count). The molecule has 0 spiro atoms. The van der Waals surface area contributed by atoms with Crippen molar-refractivity contribution in [3.63, 3.8) is 0 Å². The zero-order valence-corrected chi connectivity index (χ0v) is 15.6. The van der Waals surface area contributed by atoms with Crippen LogP contribution in [0.1, 0.15) is 50.5 Å². The van der Waals surface area contributed by atoms with Gasteiger partial charge in [-0.3, -0.25) is 4.79 Å². The molecule has 4 aliphatic rings. The summed E-state index contributed by atoms with van der Waals surface area (Å²) in [6.45, 7) is 0.615. The standard InChI is InChI=1S/C20H29NO3S/c22-11-17(3-14-1-2-25-12-14)10-21-18(23)9-19-5-15-4-16(6-19)8-20(24,7-15)13-19/h1-2,12,15-17,22,24H,3-11,13H2,(H,21,23)/t15-,16+,17-,19?,20?/m0/s1. The van der Waals surface area contributed by atoms with E-state index >= 15 is 0 Å². The van der Waals surface area contributed by atoms with Gasteiger partial charge in [0.05, 0.1) is 5.60 Å². The minimum atomic E-state index is -0.503. The van der Waals surface area contributed by atoms with Crippen LogP contribution in [0.15, 0.2) is 16.8 Å². The molecule has 4 aliphatic carbocycles. The maximum Gasteiger partial charge on any atom is 0.220 e. The fourth-order valence-corrected chi connectivity index (χ4v) is 6.89. The van der Waals surface area contributed by atoms with E-state index in [0.29, 0.717) is 24.8 Å². The molecule has 4 saturated carbocycles. The van der Waals surface area contributed by atoms with E-state index in [4.69, 9.17) is 0 Å². The number of nitrogens with one attached hydrogen (secondary N) is 1. The number of carbonyl (C=O) groups excluding carboxylic acids is 1. The first kappa shape index (κ1) is 17.5. The van der Waals surface area contributed by atoms with Gasteiger partial charge in [-0.25, -0.2) is 0 Å². The molecule has 4 bridgehead atoms. The second-order valence-electron chi connectivity index (χ2n) is 9.05. The Morgan fingerprint density at radius 2 is 2.08 bits per heavy atom. The summed E-state index contributed by atoms with van der Waals surface area (Å²) in [5, 5.41) is 27.6. The predicted molar refractivity (Wildman–Crippen MR) is 98.3 cm³/mol. The Morgan fingerprint density at radius 1 is 1.32 bits per heavy atom. The summed E-state index contributed by atoms with van der Waals surface area (Å²) < 4.78 is 0. The minimum Gasteiger partial charge on any atom is -0.396 e. The number of hydrogen-bond acceptors (Lipinski definition) is 4. The van der Waals surface area contributed by atoms with Crippen LogP contribution >= 0.6 is 11.3 Å². The molecule has 1 aromatic heterocycles. The third-order valence-corrected chi connectivity index (χ3v) is 7.37. The molecule has 1 aromatic rings. The molecular formula is C20H29NO3S. The maximum atomic E-state index is 12.6. The molecule has 5 heteroatoms. The predicted octanol–water partition coefficient (Wildman–Crippen LogP) is 2.74. The molecule has 0 aromatic carbocycles. The number of aliphatic hydroxyl groups excluding tert-OH is 1. The van der Waals surface area contributed by atoms with Crippen LogP contribution in [0.4, 0.5) is 0 Å². The van der Waals surface area contributed by atoms with Gasteiger partial charge >= 0.3 is 0 Å². The van der Waals surface area contributed by atoms with Crippen molar-refractivity contribution in [2.45, 2.75) is 57.0 Å². The van der Waals surface area contributed by atoms with E-state index < -0.39 is 5.60 Å². The summed E-state index contributed by atoms with van der Waals surface area (Å²) in [5.74, 6) is 1.39. The Bertz CT molecular complexity index is 600. The highest BCUT2D eigenvalue weighted by molar-refractivity contribution is 7.07. The zero-order valence-electron chi connectivity index (χ0n) is 14.7. The zero-order chi connectivity index (χ0) is 17.5. The van der Waals surface area contributed by atoms with Crippen LogP contribution in [0.3, 0.4) is 0 Å². The van der Waals surface area contributed by atoms with Crippen molar-refractivity contribution in [1.29, 1.82) is 0 Å². The van der Waals surface area contributed by atoms with Gasteiger partial charge in [-0.2, -0.15) is 11.3 Å². The van der Waals surface area contributed by atoms with Gasteiger partial charge in [0.25, 0.3) is 0 Å². The Kier molecular flexibility index (Phi) is 4.67. The van der Waals surface area contributed by atoms with Crippen LogP contribution in [-0.4, -0.2) is 34.9 Å². The van der Waals surface area contributed by atoms with Gasteiger partial charge in [-0.15, -0.1) is 0 Å². The molecule has 25 heavy (non-hydrogen) atoms. The molecule has 4 fully saturated rings. The number of aliphatic hydroxyl groups is 2. The molecule has 1 heterocycles. The van der Waals surface area contributed by atoms with Crippen molar-refractivity contribution in [1.82, 2.24) is 5.32 Å².